The van der Waals surface area contributed by atoms with E-state index in [1.807, 2.05) is 0 Å². The topological polar surface area (TPSA) is 0 Å². The maximum atomic E-state index is 9.91. The molecule has 0 saturated carbocycles. The Morgan fingerprint density at radius 3 is 0.227 bits per heavy atom. The third-order valence-corrected chi connectivity index (χ3v) is 0. The van der Waals surface area contributed by atoms with E-state index in [4.69, 9.17) is 0 Å². The third-order valence-electron chi connectivity index (χ3n) is 0. The van der Waals surface area contributed by atoms with Gasteiger partial charge in [-0.05, 0) is 0 Å². The SMILES string of the molecule is F[As-](F)(F)(F)(F)F.F[As-](F)(F)(F)(F)F.F[As-](F)(F)(F)(F)F.[La+3]. The van der Waals surface area contributed by atoms with Crippen LogP contribution < -0.4 is 0 Å². The van der Waals surface area contributed by atoms with E-state index >= 15 is 0 Å². The second-order valence-corrected chi connectivity index (χ2v) is 14.9. The van der Waals surface area contributed by atoms with Gasteiger partial charge in [-0.2, -0.15) is 0 Å². The molecule has 0 fully saturated rings. The van der Waals surface area contributed by atoms with Crippen molar-refractivity contribution in [1.29, 1.82) is 0 Å². The van der Waals surface area contributed by atoms with Gasteiger partial charge in [-0.25, -0.2) is 0 Å². The first-order valence-corrected chi connectivity index (χ1v) is 15.8. The molecule has 0 heterocycles. The van der Waals surface area contributed by atoms with Crippen LogP contribution in [0.5, 0.6) is 0 Å². The number of rotatable bonds is 0. The van der Waals surface area contributed by atoms with Crippen molar-refractivity contribution in [3.8, 4) is 0 Å². The molecule has 0 aliphatic carbocycles. The van der Waals surface area contributed by atoms with E-state index in [2.05, 4.69) is 0 Å². The predicted octanol–water partition coefficient (Wildman–Crippen LogP) is 6.42. The second-order valence-electron chi connectivity index (χ2n) is 2.87. The minimum absolute atomic E-state index is 0. The van der Waals surface area contributed by atoms with Crippen molar-refractivity contribution in [2.75, 3.05) is 0 Å². The van der Waals surface area contributed by atoms with Gasteiger partial charge in [0.25, 0.3) is 0 Å². The molecule has 0 saturated heterocycles. The van der Waals surface area contributed by atoms with Crippen molar-refractivity contribution >= 4 is 42.5 Å². The fourth-order valence-corrected chi connectivity index (χ4v) is 0. The Morgan fingerprint density at radius 1 is 0.227 bits per heavy atom. The molecule has 0 amide bonds. The zero-order valence-electron chi connectivity index (χ0n) is 8.72. The molecule has 22 heavy (non-hydrogen) atoms. The van der Waals surface area contributed by atoms with Crippen LogP contribution in [0.1, 0.15) is 0 Å². The summed E-state index contributed by atoms with van der Waals surface area (Å²) in [6, 6.07) is 0. The molecule has 144 valence electrons. The van der Waals surface area contributed by atoms with Crippen molar-refractivity contribution in [1.82, 2.24) is 0 Å². The monoisotopic (exact) mass is 706 g/mol. The average molecular weight is 706 g/mol. The summed E-state index contributed by atoms with van der Waals surface area (Å²) in [5.74, 6) is 0. The van der Waals surface area contributed by atoms with E-state index in [0.717, 1.165) is 0 Å². The van der Waals surface area contributed by atoms with Crippen molar-refractivity contribution in [2.24, 2.45) is 0 Å². The summed E-state index contributed by atoms with van der Waals surface area (Å²) in [6.07, 6.45) is 0. The van der Waals surface area contributed by atoms with Gasteiger partial charge in [0.15, 0.2) is 0 Å². The van der Waals surface area contributed by atoms with Crippen molar-refractivity contribution in [3.05, 3.63) is 0 Å². The molecule has 0 aromatic rings. The smallest absolute Gasteiger partial charge is 3.00 e. The van der Waals surface area contributed by atoms with Gasteiger partial charge in [-0.15, -0.1) is 0 Å². The Hall–Kier alpha value is 1.61. The van der Waals surface area contributed by atoms with Crippen molar-refractivity contribution in [2.45, 2.75) is 0 Å². The second kappa shape index (κ2) is 4.86. The molecular formula is As3F18La. The van der Waals surface area contributed by atoms with Crippen molar-refractivity contribution in [3.63, 3.8) is 0 Å². The van der Waals surface area contributed by atoms with Crippen LogP contribution in [0.3, 0.4) is 0 Å². The van der Waals surface area contributed by atoms with Gasteiger partial charge in [-0.1, -0.05) is 0 Å². The molecule has 0 aromatic carbocycles. The van der Waals surface area contributed by atoms with Gasteiger partial charge in [0.1, 0.15) is 0 Å². The van der Waals surface area contributed by atoms with Crippen LogP contribution in [0.2, 0.25) is 0 Å². The maximum absolute atomic E-state index is 11.1. The Labute approximate surface area is 139 Å². The van der Waals surface area contributed by atoms with Crippen LogP contribution in [-0.4, -0.2) is 42.5 Å². The van der Waals surface area contributed by atoms with Gasteiger partial charge < -0.3 is 0 Å². The van der Waals surface area contributed by atoms with E-state index in [-0.39, 0.29) is 35.6 Å². The molecule has 0 radical (unpaired) electrons. The summed E-state index contributed by atoms with van der Waals surface area (Å²) in [5, 5.41) is 0. The number of hydrogen-bond donors (Lipinski definition) is 0. The largest absolute Gasteiger partial charge is 3.00 e. The van der Waals surface area contributed by atoms with Gasteiger partial charge in [0.2, 0.25) is 0 Å². The molecule has 0 rings (SSSR count). The van der Waals surface area contributed by atoms with E-state index in [1.54, 1.807) is 0 Å². The molecule has 0 aliphatic rings. The number of hydrogen-bond acceptors (Lipinski definition) is 0. The van der Waals surface area contributed by atoms with E-state index in [1.165, 1.54) is 0 Å². The van der Waals surface area contributed by atoms with E-state index < -0.39 is 42.5 Å². The maximum Gasteiger partial charge on any atom is 3.00 e. The van der Waals surface area contributed by atoms with Gasteiger partial charge >= 0.3 is 141 Å². The molecule has 0 atom stereocenters. The van der Waals surface area contributed by atoms with E-state index in [9.17, 15) is 62.4 Å². The summed E-state index contributed by atoms with van der Waals surface area (Å²) in [4.78, 5) is 0. The Bertz CT molecular complexity index is 265. The van der Waals surface area contributed by atoms with E-state index in [0.29, 0.717) is 0 Å². The summed E-state index contributed by atoms with van der Waals surface area (Å²) >= 11 is -33.2. The molecule has 0 spiro atoms. The van der Waals surface area contributed by atoms with Gasteiger partial charge in [-0.3, -0.25) is 0 Å². The van der Waals surface area contributed by atoms with Gasteiger partial charge in [0.05, 0.1) is 0 Å². The van der Waals surface area contributed by atoms with Crippen LogP contribution >= 0.6 is 0 Å². The average Bonchev–Trinajstić information content (AvgIpc) is 1.19. The molecular weight excluding hydrogens is 706 g/mol. The minimum Gasteiger partial charge on any atom is 3.00 e. The third kappa shape index (κ3) is 3540. The molecule has 0 N–H and O–H groups in total. The summed E-state index contributed by atoms with van der Waals surface area (Å²) in [5.41, 5.74) is 0. The number of halogens is 18. The molecule has 0 unspecified atom stereocenters. The summed E-state index contributed by atoms with van der Waals surface area (Å²) in [7, 11) is 0. The summed E-state index contributed by atoms with van der Waals surface area (Å²) < 4.78 is 178. The molecule has 0 nitrogen and oxygen atoms in total. The predicted molar refractivity (Wildman–Crippen MR) is 37.2 cm³/mol. The molecule has 22 heteroatoms. The first-order chi connectivity index (χ1) is 7.35. The zero-order valence-corrected chi connectivity index (χ0v) is 18.0. The van der Waals surface area contributed by atoms with Crippen LogP contribution in [0.25, 0.3) is 0 Å². The van der Waals surface area contributed by atoms with Crippen LogP contribution in [-0.2, 0) is 0 Å². The van der Waals surface area contributed by atoms with Crippen LogP contribution in [0, 0.1) is 35.6 Å². The first kappa shape index (κ1) is 31.4. The molecule has 0 aromatic heterocycles. The van der Waals surface area contributed by atoms with Crippen LogP contribution in [0.4, 0.5) is 62.4 Å². The van der Waals surface area contributed by atoms with Crippen LogP contribution in [0.15, 0.2) is 0 Å². The minimum atomic E-state index is -11.1. The Kier molecular flexibility index (Phi) is 6.93. The standard InChI is InChI=1S/3AsF6.La/c3*2-1(3,4,5,6)7;/q3*-1;+3. The Balaban J connectivity index is -0.000000108. The fourth-order valence-electron chi connectivity index (χ4n) is 0. The Morgan fingerprint density at radius 2 is 0.227 bits per heavy atom. The normalized spacial score (nSPS) is 22.1. The van der Waals surface area contributed by atoms with Crippen molar-refractivity contribution < 1.29 is 98.0 Å². The summed E-state index contributed by atoms with van der Waals surface area (Å²) in [6.45, 7) is 0. The first-order valence-electron chi connectivity index (χ1n) is 3.04. The molecule has 0 aliphatic heterocycles. The molecule has 0 bridgehead atoms. The van der Waals surface area contributed by atoms with Gasteiger partial charge in [0, 0.05) is 0 Å². The quantitative estimate of drug-likeness (QED) is 0.202. The zero-order chi connectivity index (χ0) is 19.2. The fraction of sp³-hybridized carbons (Fsp3) is 0.